The van der Waals surface area contributed by atoms with Crippen molar-refractivity contribution < 1.29 is 9.32 Å². The van der Waals surface area contributed by atoms with Gasteiger partial charge in [-0.25, -0.2) is 4.98 Å². The second-order valence-electron chi connectivity index (χ2n) is 9.27. The molecule has 2 aromatic rings. The van der Waals surface area contributed by atoms with E-state index >= 15 is 0 Å². The number of rotatable bonds is 6. The lowest BCUT2D eigenvalue weighted by molar-refractivity contribution is 0.0620. The summed E-state index contributed by atoms with van der Waals surface area (Å²) in [6.45, 7) is 1.97. The summed E-state index contributed by atoms with van der Waals surface area (Å²) in [6.07, 6.45) is 8.56. The van der Waals surface area contributed by atoms with Crippen LogP contribution in [0.1, 0.15) is 43.6 Å². The van der Waals surface area contributed by atoms with Crippen molar-refractivity contribution in [3.05, 3.63) is 41.0 Å². The van der Waals surface area contributed by atoms with Gasteiger partial charge in [0, 0.05) is 29.8 Å². The van der Waals surface area contributed by atoms with E-state index in [4.69, 9.17) is 16.6 Å². The average molecular weight is 447 g/mol. The first-order valence-corrected chi connectivity index (χ1v) is 12.4. The van der Waals surface area contributed by atoms with Crippen LogP contribution in [0.15, 0.2) is 35.4 Å². The Bertz CT molecular complexity index is 960. The van der Waals surface area contributed by atoms with Gasteiger partial charge in [-0.2, -0.15) is 4.98 Å². The molecule has 1 spiro atoms. The fourth-order valence-corrected chi connectivity index (χ4v) is 5.81. The van der Waals surface area contributed by atoms with E-state index in [0.717, 1.165) is 37.4 Å². The van der Waals surface area contributed by atoms with E-state index in [0.29, 0.717) is 28.0 Å². The van der Waals surface area contributed by atoms with Crippen LogP contribution < -0.4 is 10.2 Å². The van der Waals surface area contributed by atoms with Gasteiger partial charge in [0.15, 0.2) is 0 Å². The van der Waals surface area contributed by atoms with E-state index in [-0.39, 0.29) is 12.1 Å². The lowest BCUT2D eigenvalue weighted by Gasteiger charge is -2.59. The molecule has 6 nitrogen and oxygen atoms in total. The minimum absolute atomic E-state index is 0.0566. The Labute approximate surface area is 184 Å². The number of aromatic nitrogens is 2. The van der Waals surface area contributed by atoms with E-state index < -0.39 is 10.8 Å². The molecule has 0 bridgehead atoms. The first kappa shape index (κ1) is 20.2. The van der Waals surface area contributed by atoms with Crippen molar-refractivity contribution in [2.75, 3.05) is 36.2 Å². The molecule has 1 unspecified atom stereocenters. The highest BCUT2D eigenvalue weighted by Crippen LogP contribution is 2.56. The zero-order valence-corrected chi connectivity index (χ0v) is 18.7. The van der Waals surface area contributed by atoms with Crippen LogP contribution in [-0.4, -0.2) is 50.8 Å². The molecule has 5 rings (SSSR count). The van der Waals surface area contributed by atoms with Gasteiger partial charge in [0.2, 0.25) is 5.95 Å². The first-order valence-electron chi connectivity index (χ1n) is 10.5. The smallest absolute Gasteiger partial charge is 0.227 e. The Morgan fingerprint density at radius 2 is 1.97 bits per heavy atom. The van der Waals surface area contributed by atoms with E-state index in [2.05, 4.69) is 27.3 Å². The quantitative estimate of drug-likeness (QED) is 0.706. The summed E-state index contributed by atoms with van der Waals surface area (Å²) in [5.74, 6) is 1.89. The van der Waals surface area contributed by atoms with Crippen molar-refractivity contribution in [1.82, 2.24) is 9.97 Å². The van der Waals surface area contributed by atoms with Gasteiger partial charge in [0.1, 0.15) is 5.82 Å². The molecule has 30 heavy (non-hydrogen) atoms. The maximum absolute atomic E-state index is 12.2. The highest BCUT2D eigenvalue weighted by molar-refractivity contribution is 7.84. The zero-order valence-electron chi connectivity index (χ0n) is 17.1. The first-order chi connectivity index (χ1) is 14.4. The minimum Gasteiger partial charge on any atom is -0.394 e. The molecule has 1 saturated heterocycles. The second kappa shape index (κ2) is 7.46. The van der Waals surface area contributed by atoms with E-state index in [1.54, 1.807) is 12.5 Å². The second-order valence-corrected chi connectivity index (χ2v) is 11.1. The fourth-order valence-electron chi connectivity index (χ4n) is 5.11. The highest BCUT2D eigenvalue weighted by Gasteiger charge is 2.53. The third-order valence-corrected chi connectivity index (χ3v) is 8.25. The topological polar surface area (TPSA) is 78.4 Å². The van der Waals surface area contributed by atoms with Gasteiger partial charge >= 0.3 is 0 Å². The molecule has 8 heteroatoms. The molecule has 160 valence electrons. The van der Waals surface area contributed by atoms with Gasteiger partial charge in [-0.15, -0.1) is 0 Å². The van der Waals surface area contributed by atoms with Gasteiger partial charge in [0.05, 0.1) is 34.0 Å². The molecule has 2 N–H and O–H groups in total. The van der Waals surface area contributed by atoms with Gasteiger partial charge < -0.3 is 15.3 Å². The number of nitrogens with one attached hydrogen (secondary N) is 1. The normalized spacial score (nSPS) is 22.7. The molecule has 3 aliphatic rings. The molecule has 1 aromatic heterocycles. The SMILES string of the molecule is CS(=O)c1cnc(N2CC3(CC(c4ccc(Cl)cc4)C3)C2)nc1NC1(CO)CCC1. The molecular weight excluding hydrogens is 420 g/mol. The highest BCUT2D eigenvalue weighted by atomic mass is 35.5. The number of nitrogens with zero attached hydrogens (tertiary/aromatic N) is 3. The largest absolute Gasteiger partial charge is 0.394 e. The Morgan fingerprint density at radius 1 is 1.27 bits per heavy atom. The van der Waals surface area contributed by atoms with Crippen LogP contribution in [0.4, 0.5) is 11.8 Å². The summed E-state index contributed by atoms with van der Waals surface area (Å²) >= 11 is 6.01. The van der Waals surface area contributed by atoms with Crippen LogP contribution in [0.5, 0.6) is 0 Å². The Balaban J connectivity index is 1.26. The van der Waals surface area contributed by atoms with Crippen molar-refractivity contribution >= 4 is 34.2 Å². The van der Waals surface area contributed by atoms with Gasteiger partial charge in [-0.05, 0) is 55.7 Å². The molecule has 2 saturated carbocycles. The van der Waals surface area contributed by atoms with Crippen LogP contribution in [0.25, 0.3) is 0 Å². The van der Waals surface area contributed by atoms with Crippen molar-refractivity contribution in [3.8, 4) is 0 Å². The van der Waals surface area contributed by atoms with Crippen LogP contribution in [0, 0.1) is 5.41 Å². The van der Waals surface area contributed by atoms with Crippen LogP contribution in [0.2, 0.25) is 5.02 Å². The third-order valence-electron chi connectivity index (χ3n) is 7.08. The molecule has 0 radical (unpaired) electrons. The third kappa shape index (κ3) is 3.51. The number of benzene rings is 1. The number of anilines is 2. The molecule has 1 atom stereocenters. The lowest BCUT2D eigenvalue weighted by Crippen LogP contribution is -2.62. The Morgan fingerprint density at radius 3 is 2.53 bits per heavy atom. The predicted molar refractivity (Wildman–Crippen MR) is 120 cm³/mol. The maximum atomic E-state index is 12.2. The predicted octanol–water partition coefficient (Wildman–Crippen LogP) is 3.58. The number of hydrogen-bond acceptors (Lipinski definition) is 6. The molecule has 0 amide bonds. The monoisotopic (exact) mass is 446 g/mol. The van der Waals surface area contributed by atoms with Crippen LogP contribution in [-0.2, 0) is 10.8 Å². The van der Waals surface area contributed by atoms with Gasteiger partial charge in [-0.3, -0.25) is 4.21 Å². The Kier molecular flexibility index (Phi) is 5.03. The molecule has 2 aliphatic carbocycles. The summed E-state index contributed by atoms with van der Waals surface area (Å²) in [5.41, 5.74) is 1.39. The molecule has 3 fully saturated rings. The molecule has 2 heterocycles. The molecular formula is C22H27ClN4O2S. The van der Waals surface area contributed by atoms with E-state index in [1.165, 1.54) is 18.4 Å². The van der Waals surface area contributed by atoms with E-state index in [1.807, 2.05) is 12.1 Å². The number of aliphatic hydroxyl groups excluding tert-OH is 1. The zero-order chi connectivity index (χ0) is 20.9. The standard InChI is InChI=1S/C22H27ClN4O2S/c1-30(29)18-11-24-20(25-19(18)26-22(14-28)7-2-8-22)27-12-21(13-27)9-16(10-21)15-3-5-17(23)6-4-15/h3-6,11,16,28H,2,7-10,12-14H2,1H3,(H,24,25,26). The number of halogens is 1. The van der Waals surface area contributed by atoms with Crippen molar-refractivity contribution in [3.63, 3.8) is 0 Å². The summed E-state index contributed by atoms with van der Waals surface area (Å²) in [4.78, 5) is 12.0. The van der Waals surface area contributed by atoms with Crippen LogP contribution in [0.3, 0.4) is 0 Å². The van der Waals surface area contributed by atoms with Gasteiger partial charge in [0.25, 0.3) is 0 Å². The van der Waals surface area contributed by atoms with Gasteiger partial charge in [-0.1, -0.05) is 23.7 Å². The van der Waals surface area contributed by atoms with Crippen molar-refractivity contribution in [1.29, 1.82) is 0 Å². The average Bonchev–Trinajstić information content (AvgIpc) is 2.64. The number of hydrogen-bond donors (Lipinski definition) is 2. The summed E-state index contributed by atoms with van der Waals surface area (Å²) < 4.78 is 12.2. The minimum atomic E-state index is -1.19. The number of aliphatic hydroxyl groups is 1. The van der Waals surface area contributed by atoms with Crippen molar-refractivity contribution in [2.24, 2.45) is 5.41 Å². The van der Waals surface area contributed by atoms with Crippen LogP contribution >= 0.6 is 11.6 Å². The summed E-state index contributed by atoms with van der Waals surface area (Å²) in [6, 6.07) is 8.21. The molecule has 1 aliphatic heterocycles. The lowest BCUT2D eigenvalue weighted by atomic mass is 9.56. The summed E-state index contributed by atoms with van der Waals surface area (Å²) in [7, 11) is -1.19. The summed E-state index contributed by atoms with van der Waals surface area (Å²) in [5, 5.41) is 14.0. The maximum Gasteiger partial charge on any atom is 0.227 e. The van der Waals surface area contributed by atoms with Crippen molar-refractivity contribution in [2.45, 2.75) is 48.5 Å². The van der Waals surface area contributed by atoms with E-state index in [9.17, 15) is 9.32 Å². The molecule has 1 aromatic carbocycles. The Hall–Kier alpha value is -1.70. The fraction of sp³-hybridized carbons (Fsp3) is 0.545.